The van der Waals surface area contributed by atoms with E-state index in [1.54, 1.807) is 67.0 Å². The van der Waals surface area contributed by atoms with Crippen LogP contribution < -0.4 is 14.8 Å². The molecule has 0 radical (unpaired) electrons. The third kappa shape index (κ3) is 6.03. The fourth-order valence-electron chi connectivity index (χ4n) is 3.50. The Morgan fingerprint density at radius 2 is 1.76 bits per heavy atom. The summed E-state index contributed by atoms with van der Waals surface area (Å²) >= 11 is 5.85. The van der Waals surface area contributed by atoms with Gasteiger partial charge >= 0.3 is 0 Å². The number of fused-ring (bicyclic) bond motifs is 1. The second-order valence-electron chi connectivity index (χ2n) is 7.57. The minimum atomic E-state index is -3.79. The highest BCUT2D eigenvalue weighted by atomic mass is 35.5. The molecule has 1 aromatic heterocycles. The molecule has 0 saturated carbocycles. The summed E-state index contributed by atoms with van der Waals surface area (Å²) in [6.07, 6.45) is 3.19. The first-order chi connectivity index (χ1) is 16.4. The van der Waals surface area contributed by atoms with Crippen LogP contribution in [0, 0.1) is 0 Å². The molecule has 0 atom stereocenters. The fourth-order valence-corrected chi connectivity index (χ4v) is 4.91. The molecule has 0 bridgehead atoms. The Kier molecular flexibility index (Phi) is 7.64. The van der Waals surface area contributed by atoms with Crippen molar-refractivity contribution in [1.29, 1.82) is 0 Å². The van der Waals surface area contributed by atoms with Gasteiger partial charge in [-0.15, -0.1) is 0 Å². The van der Waals surface area contributed by atoms with Crippen LogP contribution in [-0.4, -0.2) is 44.7 Å². The van der Waals surface area contributed by atoms with Gasteiger partial charge in [0.25, 0.3) is 0 Å². The molecule has 34 heavy (non-hydrogen) atoms. The molecule has 0 unspecified atom stereocenters. The van der Waals surface area contributed by atoms with Crippen molar-refractivity contribution in [3.63, 3.8) is 0 Å². The van der Waals surface area contributed by atoms with Gasteiger partial charge < -0.3 is 15.2 Å². The minimum Gasteiger partial charge on any atom is -0.508 e. The Labute approximate surface area is 203 Å². The van der Waals surface area contributed by atoms with Crippen LogP contribution in [0.2, 0.25) is 5.02 Å². The topological polar surface area (TPSA) is 101 Å². The lowest BCUT2D eigenvalue weighted by Crippen LogP contribution is -2.33. The van der Waals surface area contributed by atoms with Crippen LogP contribution in [0.3, 0.4) is 0 Å². The molecule has 0 fully saturated rings. The number of aromatic nitrogens is 1. The number of aromatic hydroxyl groups is 1. The highest BCUT2D eigenvalue weighted by molar-refractivity contribution is 7.89. The minimum absolute atomic E-state index is 0.109. The van der Waals surface area contributed by atoms with Crippen molar-refractivity contribution in [2.45, 2.75) is 4.90 Å². The molecule has 7 nitrogen and oxygen atoms in total. The van der Waals surface area contributed by atoms with Crippen LogP contribution in [0.5, 0.6) is 11.5 Å². The van der Waals surface area contributed by atoms with E-state index < -0.39 is 10.0 Å². The molecule has 0 aliphatic heterocycles. The SMILES string of the molecule is O=S(=O)(NCCNCCOc1ccc(Cl)cc1)c1cc(-c2cccc(O)c2)cc2cnccc12. The molecule has 0 saturated heterocycles. The summed E-state index contributed by atoms with van der Waals surface area (Å²) in [5.74, 6) is 0.831. The molecular weight excluding hydrogens is 474 g/mol. The number of rotatable bonds is 10. The maximum atomic E-state index is 13.2. The third-order valence-corrected chi connectivity index (χ3v) is 6.89. The maximum absolute atomic E-state index is 13.2. The first-order valence-corrected chi connectivity index (χ1v) is 12.5. The Morgan fingerprint density at radius 1 is 0.941 bits per heavy atom. The average molecular weight is 498 g/mol. The summed E-state index contributed by atoms with van der Waals surface area (Å²) < 4.78 is 34.6. The molecule has 4 rings (SSSR count). The normalized spacial score (nSPS) is 11.6. The molecule has 0 spiro atoms. The molecule has 4 aromatic rings. The lowest BCUT2D eigenvalue weighted by Gasteiger charge is -2.13. The van der Waals surface area contributed by atoms with E-state index in [0.29, 0.717) is 46.6 Å². The van der Waals surface area contributed by atoms with Gasteiger partial charge in [-0.05, 0) is 65.7 Å². The van der Waals surface area contributed by atoms with Gasteiger partial charge in [-0.1, -0.05) is 23.7 Å². The molecule has 0 amide bonds. The van der Waals surface area contributed by atoms with Gasteiger partial charge in [-0.2, -0.15) is 0 Å². The first-order valence-electron chi connectivity index (χ1n) is 10.7. The summed E-state index contributed by atoms with van der Waals surface area (Å²) in [6.45, 7) is 1.66. The number of halogens is 1. The van der Waals surface area contributed by atoms with Gasteiger partial charge in [0.05, 0.1) is 4.90 Å². The van der Waals surface area contributed by atoms with E-state index in [1.807, 2.05) is 12.1 Å². The molecule has 0 aliphatic rings. The zero-order valence-corrected chi connectivity index (χ0v) is 19.8. The Morgan fingerprint density at radius 3 is 2.56 bits per heavy atom. The number of ether oxygens (including phenoxy) is 1. The van der Waals surface area contributed by atoms with E-state index in [1.165, 1.54) is 0 Å². The summed E-state index contributed by atoms with van der Waals surface area (Å²) in [4.78, 5) is 4.29. The Bertz CT molecular complexity index is 1380. The van der Waals surface area contributed by atoms with Gasteiger partial charge in [-0.25, -0.2) is 13.1 Å². The van der Waals surface area contributed by atoms with Crippen molar-refractivity contribution in [1.82, 2.24) is 15.0 Å². The van der Waals surface area contributed by atoms with Gasteiger partial charge in [-0.3, -0.25) is 4.98 Å². The van der Waals surface area contributed by atoms with E-state index in [0.717, 1.165) is 5.75 Å². The molecular formula is C25H24ClN3O4S. The van der Waals surface area contributed by atoms with Crippen molar-refractivity contribution >= 4 is 32.4 Å². The standard InChI is InChI=1S/C25H24ClN3O4S/c26-21-4-6-23(7-5-21)33-13-12-27-10-11-29-34(31,32)25-16-19(18-2-1-3-22(30)15-18)14-20-17-28-9-8-24(20)25/h1-9,14-17,27,29-30H,10-13H2. The first kappa shape index (κ1) is 24.0. The number of hydrogen-bond donors (Lipinski definition) is 3. The lowest BCUT2D eigenvalue weighted by atomic mass is 10.0. The van der Waals surface area contributed by atoms with Gasteiger partial charge in [0, 0.05) is 47.8 Å². The van der Waals surface area contributed by atoms with Crippen molar-refractivity contribution < 1.29 is 18.3 Å². The van der Waals surface area contributed by atoms with E-state index in [4.69, 9.17) is 16.3 Å². The van der Waals surface area contributed by atoms with Crippen molar-refractivity contribution in [2.75, 3.05) is 26.2 Å². The number of nitrogens with zero attached hydrogens (tertiary/aromatic N) is 1. The highest BCUT2D eigenvalue weighted by Gasteiger charge is 2.19. The van der Waals surface area contributed by atoms with Crippen molar-refractivity contribution in [3.8, 4) is 22.6 Å². The molecule has 1 heterocycles. The predicted molar refractivity (Wildman–Crippen MR) is 134 cm³/mol. The van der Waals surface area contributed by atoms with Crippen molar-refractivity contribution in [2.24, 2.45) is 0 Å². The molecule has 176 valence electrons. The second kappa shape index (κ2) is 10.8. The lowest BCUT2D eigenvalue weighted by molar-refractivity contribution is 0.314. The maximum Gasteiger partial charge on any atom is 0.241 e. The number of benzene rings is 3. The number of hydrogen-bond acceptors (Lipinski definition) is 6. The van der Waals surface area contributed by atoms with Crippen LogP contribution >= 0.6 is 11.6 Å². The smallest absolute Gasteiger partial charge is 0.241 e. The van der Waals surface area contributed by atoms with Crippen molar-refractivity contribution in [3.05, 3.63) is 84.1 Å². The molecule has 3 N–H and O–H groups in total. The van der Waals surface area contributed by atoms with E-state index >= 15 is 0 Å². The third-order valence-electron chi connectivity index (χ3n) is 5.14. The molecule has 3 aromatic carbocycles. The van der Waals surface area contributed by atoms with Gasteiger partial charge in [0.1, 0.15) is 18.1 Å². The van der Waals surface area contributed by atoms with E-state index in [2.05, 4.69) is 15.0 Å². The highest BCUT2D eigenvalue weighted by Crippen LogP contribution is 2.31. The van der Waals surface area contributed by atoms with E-state index in [-0.39, 0.29) is 17.2 Å². The number of sulfonamides is 1. The van der Waals surface area contributed by atoms with Gasteiger partial charge in [0.15, 0.2) is 0 Å². The average Bonchev–Trinajstić information content (AvgIpc) is 2.84. The quantitative estimate of drug-likeness (QED) is 0.284. The fraction of sp³-hybridized carbons (Fsp3) is 0.160. The monoisotopic (exact) mass is 497 g/mol. The Balaban J connectivity index is 1.39. The molecule has 9 heteroatoms. The summed E-state index contributed by atoms with van der Waals surface area (Å²) in [5.41, 5.74) is 1.39. The summed E-state index contributed by atoms with van der Waals surface area (Å²) in [5, 5.41) is 14.9. The zero-order valence-electron chi connectivity index (χ0n) is 18.2. The number of phenolic OH excluding ortho intramolecular Hbond substituents is 1. The van der Waals surface area contributed by atoms with E-state index in [9.17, 15) is 13.5 Å². The van der Waals surface area contributed by atoms with Crippen LogP contribution in [-0.2, 0) is 10.0 Å². The number of nitrogens with one attached hydrogen (secondary N) is 2. The summed E-state index contributed by atoms with van der Waals surface area (Å²) in [6, 6.07) is 19.0. The van der Waals surface area contributed by atoms with Crippen LogP contribution in [0.15, 0.2) is 84.0 Å². The van der Waals surface area contributed by atoms with Crippen LogP contribution in [0.4, 0.5) is 0 Å². The number of pyridine rings is 1. The molecule has 0 aliphatic carbocycles. The van der Waals surface area contributed by atoms with Crippen LogP contribution in [0.1, 0.15) is 0 Å². The second-order valence-corrected chi connectivity index (χ2v) is 9.74. The number of phenols is 1. The van der Waals surface area contributed by atoms with Crippen LogP contribution in [0.25, 0.3) is 21.9 Å². The predicted octanol–water partition coefficient (Wildman–Crippen LogP) is 4.21. The zero-order chi connectivity index (χ0) is 24.0. The van der Waals surface area contributed by atoms with Gasteiger partial charge in [0.2, 0.25) is 10.0 Å². The largest absolute Gasteiger partial charge is 0.508 e. The Hall–Kier alpha value is -3.17. The summed E-state index contributed by atoms with van der Waals surface area (Å²) in [7, 11) is -3.79.